The van der Waals surface area contributed by atoms with E-state index < -0.39 is 46.2 Å². The van der Waals surface area contributed by atoms with Gasteiger partial charge in [0, 0.05) is 35.8 Å². The lowest BCUT2D eigenvalue weighted by Crippen LogP contribution is -2.43. The SMILES string of the molecule is N#Cc1c(N)sc2c(F)ccc(-c3c(C(F)(F)F)cc4c(N5CCOC6CC65)nc(OCC56CCCN5CC(F)C6)nc4c3F)c12. The topological polar surface area (TPSA) is 101 Å². The lowest BCUT2D eigenvalue weighted by molar-refractivity contribution is -0.137. The van der Waals surface area contributed by atoms with Crippen molar-refractivity contribution in [3.8, 4) is 23.2 Å². The molecule has 0 bridgehead atoms. The van der Waals surface area contributed by atoms with Gasteiger partial charge >= 0.3 is 12.2 Å². The van der Waals surface area contributed by atoms with Gasteiger partial charge in [-0.15, -0.1) is 11.3 Å². The molecule has 1 saturated carbocycles. The van der Waals surface area contributed by atoms with E-state index in [2.05, 4.69) is 9.97 Å². The highest BCUT2D eigenvalue weighted by atomic mass is 32.1. The molecule has 4 atom stereocenters. The average molecular weight is 661 g/mol. The van der Waals surface area contributed by atoms with Gasteiger partial charge in [0.05, 0.1) is 40.1 Å². The van der Waals surface area contributed by atoms with Crippen LogP contribution < -0.4 is 15.4 Å². The second-order valence-corrected chi connectivity index (χ2v) is 13.4. The summed E-state index contributed by atoms with van der Waals surface area (Å²) in [6.45, 7) is 1.63. The Kier molecular flexibility index (Phi) is 6.62. The zero-order valence-corrected chi connectivity index (χ0v) is 25.0. The number of halogens is 6. The zero-order chi connectivity index (χ0) is 32.1. The van der Waals surface area contributed by atoms with Crippen molar-refractivity contribution in [3.63, 3.8) is 0 Å². The number of anilines is 2. The third-order valence-corrected chi connectivity index (χ3v) is 10.7. The molecule has 4 unspecified atom stereocenters. The maximum absolute atomic E-state index is 16.9. The van der Waals surface area contributed by atoms with Crippen molar-refractivity contribution in [1.29, 1.82) is 5.26 Å². The molecule has 4 fully saturated rings. The second-order valence-electron chi connectivity index (χ2n) is 12.4. The molecule has 0 spiro atoms. The number of fused-ring (bicyclic) bond motifs is 4. The summed E-state index contributed by atoms with van der Waals surface area (Å²) in [5.74, 6) is -2.06. The minimum absolute atomic E-state index is 0.0287. The largest absolute Gasteiger partial charge is 0.461 e. The number of benzene rings is 2. The molecule has 3 aliphatic heterocycles. The predicted octanol–water partition coefficient (Wildman–Crippen LogP) is 6.20. The number of ether oxygens (including phenoxy) is 2. The standard InChI is InChI=1S/C31H26F6N6O2S/c32-14-10-30(4-1-5-42(30)12-14)13-45-29-40-25-16(28(41-29)43-6-7-44-21-9-20(21)43)8-18(31(35,36)37)23(24(25)34)15-2-3-19(33)26-22(15)17(11-38)27(39)46-26/h2-3,8,14,20-21H,1,4-7,9-10,12-13,39H2. The first-order chi connectivity index (χ1) is 22.0. The fraction of sp³-hybridized carbons (Fsp3) is 0.452. The molecular formula is C31H26F6N6O2S. The molecule has 0 amide bonds. The molecule has 2 aromatic carbocycles. The summed E-state index contributed by atoms with van der Waals surface area (Å²) in [4.78, 5) is 12.7. The fourth-order valence-corrected chi connectivity index (χ4v) is 8.46. The Morgan fingerprint density at radius 1 is 1.22 bits per heavy atom. The molecule has 8 rings (SSSR count). The van der Waals surface area contributed by atoms with Crippen LogP contribution in [-0.2, 0) is 10.9 Å². The molecule has 8 nitrogen and oxygen atoms in total. The molecule has 5 heterocycles. The lowest BCUT2D eigenvalue weighted by Gasteiger charge is -2.32. The van der Waals surface area contributed by atoms with Crippen LogP contribution in [0.1, 0.15) is 36.8 Å². The summed E-state index contributed by atoms with van der Waals surface area (Å²) in [5.41, 5.74) is 2.12. The number of aromatic nitrogens is 2. The van der Waals surface area contributed by atoms with Gasteiger partial charge in [-0.25, -0.2) is 13.2 Å². The highest BCUT2D eigenvalue weighted by molar-refractivity contribution is 7.23. The van der Waals surface area contributed by atoms with E-state index in [-0.39, 0.29) is 75.1 Å². The average Bonchev–Trinajstić information content (AvgIpc) is 3.46. The van der Waals surface area contributed by atoms with Crippen molar-refractivity contribution in [2.75, 3.05) is 43.5 Å². The Labute approximate surface area is 262 Å². The number of nitrogens with zero attached hydrogens (tertiary/aromatic N) is 5. The smallest absolute Gasteiger partial charge is 0.417 e. The van der Waals surface area contributed by atoms with Crippen molar-refractivity contribution in [2.24, 2.45) is 0 Å². The maximum Gasteiger partial charge on any atom is 0.417 e. The molecule has 4 aliphatic rings. The van der Waals surface area contributed by atoms with Gasteiger partial charge in [-0.1, -0.05) is 6.07 Å². The Balaban J connectivity index is 1.35. The molecule has 0 radical (unpaired) electrons. The van der Waals surface area contributed by atoms with E-state index in [1.165, 1.54) is 0 Å². The molecule has 4 aromatic rings. The summed E-state index contributed by atoms with van der Waals surface area (Å²) in [5, 5.41) is 9.28. The molecule has 1 aliphatic carbocycles. The minimum atomic E-state index is -5.06. The van der Waals surface area contributed by atoms with Crippen LogP contribution in [0.4, 0.5) is 37.2 Å². The van der Waals surface area contributed by atoms with E-state index in [9.17, 15) is 27.2 Å². The number of morpholine rings is 1. The Morgan fingerprint density at radius 2 is 2.04 bits per heavy atom. The Morgan fingerprint density at radius 3 is 2.83 bits per heavy atom. The fourth-order valence-electron chi connectivity index (χ4n) is 7.52. The van der Waals surface area contributed by atoms with Gasteiger partial charge in [-0.2, -0.15) is 28.4 Å². The monoisotopic (exact) mass is 660 g/mol. The van der Waals surface area contributed by atoms with Crippen LogP contribution in [0.3, 0.4) is 0 Å². The molecule has 2 N–H and O–H groups in total. The van der Waals surface area contributed by atoms with Crippen LogP contribution in [0.15, 0.2) is 18.2 Å². The third-order valence-electron chi connectivity index (χ3n) is 9.66. The summed E-state index contributed by atoms with van der Waals surface area (Å²) in [6.07, 6.45) is -3.75. The predicted molar refractivity (Wildman–Crippen MR) is 158 cm³/mol. The number of rotatable bonds is 5. The number of nitrogens with two attached hydrogens (primary N) is 1. The Bertz CT molecular complexity index is 1960. The number of hydrogen-bond donors (Lipinski definition) is 1. The number of nitriles is 1. The zero-order valence-electron chi connectivity index (χ0n) is 24.1. The van der Waals surface area contributed by atoms with Crippen molar-refractivity contribution in [2.45, 2.75) is 55.7 Å². The van der Waals surface area contributed by atoms with E-state index in [1.807, 2.05) is 11.0 Å². The Hall–Kier alpha value is -3.87. The number of alkyl halides is 4. The van der Waals surface area contributed by atoms with Crippen LogP contribution >= 0.6 is 11.3 Å². The van der Waals surface area contributed by atoms with Gasteiger partial charge in [0.25, 0.3) is 0 Å². The van der Waals surface area contributed by atoms with E-state index >= 15 is 4.39 Å². The van der Waals surface area contributed by atoms with Crippen LogP contribution in [-0.4, -0.2) is 71.6 Å². The van der Waals surface area contributed by atoms with Crippen LogP contribution in [0.25, 0.3) is 32.1 Å². The minimum Gasteiger partial charge on any atom is -0.461 e. The first-order valence-electron chi connectivity index (χ1n) is 14.9. The first kappa shape index (κ1) is 29.5. The van der Waals surface area contributed by atoms with Crippen molar-refractivity contribution in [3.05, 3.63) is 41.0 Å². The quantitative estimate of drug-likeness (QED) is 0.253. The summed E-state index contributed by atoms with van der Waals surface area (Å²) in [7, 11) is 0. The molecule has 46 heavy (non-hydrogen) atoms. The summed E-state index contributed by atoms with van der Waals surface area (Å²) >= 11 is 0.698. The molecule has 2 aromatic heterocycles. The normalized spacial score (nSPS) is 26.0. The van der Waals surface area contributed by atoms with Crippen molar-refractivity contribution < 1.29 is 35.8 Å². The van der Waals surface area contributed by atoms with Gasteiger partial charge in [0.2, 0.25) is 0 Å². The van der Waals surface area contributed by atoms with Gasteiger partial charge in [-0.05, 0) is 43.5 Å². The van der Waals surface area contributed by atoms with Crippen LogP contribution in [0.2, 0.25) is 0 Å². The molecule has 3 saturated heterocycles. The van der Waals surface area contributed by atoms with Gasteiger partial charge < -0.3 is 20.1 Å². The lowest BCUT2D eigenvalue weighted by atomic mass is 9.92. The van der Waals surface area contributed by atoms with E-state index in [4.69, 9.17) is 15.2 Å². The number of nitrogen functional groups attached to an aromatic ring is 1. The van der Waals surface area contributed by atoms with Crippen LogP contribution in [0, 0.1) is 23.0 Å². The maximum atomic E-state index is 16.9. The van der Waals surface area contributed by atoms with Crippen molar-refractivity contribution >= 4 is 43.1 Å². The van der Waals surface area contributed by atoms with Crippen LogP contribution in [0.5, 0.6) is 6.01 Å². The van der Waals surface area contributed by atoms with E-state index in [0.717, 1.165) is 24.6 Å². The van der Waals surface area contributed by atoms with Gasteiger partial charge in [0.1, 0.15) is 41.0 Å². The van der Waals surface area contributed by atoms with Gasteiger partial charge in [0.15, 0.2) is 5.82 Å². The number of thiophene rings is 1. The van der Waals surface area contributed by atoms with E-state index in [0.29, 0.717) is 43.9 Å². The second kappa shape index (κ2) is 10.3. The van der Waals surface area contributed by atoms with E-state index in [1.54, 1.807) is 4.90 Å². The summed E-state index contributed by atoms with van der Waals surface area (Å²) in [6, 6.07) is 4.16. The number of hydrogen-bond acceptors (Lipinski definition) is 9. The third kappa shape index (κ3) is 4.48. The highest BCUT2D eigenvalue weighted by Gasteiger charge is 2.50. The molecule has 240 valence electrons. The van der Waals surface area contributed by atoms with Gasteiger partial charge in [-0.3, -0.25) is 4.90 Å². The molecular weight excluding hydrogens is 634 g/mol. The van der Waals surface area contributed by atoms with Crippen molar-refractivity contribution in [1.82, 2.24) is 14.9 Å². The highest BCUT2D eigenvalue weighted by Crippen LogP contribution is 2.49. The first-order valence-corrected chi connectivity index (χ1v) is 15.7. The molecule has 15 heteroatoms. The summed E-state index contributed by atoms with van der Waals surface area (Å²) < 4.78 is 102.